The maximum atomic E-state index is 5.75. The van der Waals surface area contributed by atoms with Crippen molar-refractivity contribution in [2.45, 2.75) is 12.3 Å². The van der Waals surface area contributed by atoms with Gasteiger partial charge in [0.2, 0.25) is 0 Å². The quantitative estimate of drug-likeness (QED) is 0.614. The molecule has 1 aromatic rings. The topological polar surface area (TPSA) is 9.23 Å². The molecular formula is C9H10ClIO. The molecule has 1 rings (SSSR count). The van der Waals surface area contributed by atoms with Crippen LogP contribution in [-0.2, 0) is 0 Å². The molecule has 1 nitrogen and oxygen atoms in total. The average Bonchev–Trinajstić information content (AvgIpc) is 2.03. The zero-order valence-electron chi connectivity index (χ0n) is 6.76. The Kier molecular flexibility index (Phi) is 4.15. The molecule has 1 atom stereocenters. The normalized spacial score (nSPS) is 12.6. The van der Waals surface area contributed by atoms with Crippen molar-refractivity contribution in [1.82, 2.24) is 0 Å². The van der Waals surface area contributed by atoms with Crippen molar-refractivity contribution in [3.63, 3.8) is 0 Å². The van der Waals surface area contributed by atoms with Gasteiger partial charge >= 0.3 is 0 Å². The van der Waals surface area contributed by atoms with Crippen LogP contribution >= 0.6 is 34.2 Å². The Morgan fingerprint density at radius 1 is 1.50 bits per heavy atom. The zero-order chi connectivity index (χ0) is 8.97. The van der Waals surface area contributed by atoms with E-state index >= 15 is 0 Å². The Hall–Kier alpha value is 0.0400. The third-order valence-electron chi connectivity index (χ3n) is 1.31. The molecule has 0 bridgehead atoms. The van der Waals surface area contributed by atoms with Gasteiger partial charge in [-0.2, -0.15) is 0 Å². The highest BCUT2D eigenvalue weighted by Crippen LogP contribution is 2.19. The molecule has 3 heteroatoms. The molecule has 0 saturated carbocycles. The van der Waals surface area contributed by atoms with Crippen LogP contribution in [-0.4, -0.2) is 12.0 Å². The van der Waals surface area contributed by atoms with Gasteiger partial charge in [0.1, 0.15) is 12.4 Å². The van der Waals surface area contributed by atoms with Crippen molar-refractivity contribution in [1.29, 1.82) is 0 Å². The zero-order valence-corrected chi connectivity index (χ0v) is 9.67. The van der Waals surface area contributed by atoms with Gasteiger partial charge in [-0.3, -0.25) is 0 Å². The lowest BCUT2D eigenvalue weighted by atomic mass is 10.3. The second kappa shape index (κ2) is 4.92. The molecule has 0 N–H and O–H groups in total. The molecule has 1 unspecified atom stereocenters. The van der Waals surface area contributed by atoms with Crippen molar-refractivity contribution in [3.8, 4) is 5.75 Å². The van der Waals surface area contributed by atoms with Gasteiger partial charge < -0.3 is 4.74 Å². The summed E-state index contributed by atoms with van der Waals surface area (Å²) in [5.74, 6) is 0.908. The molecule has 1 aromatic carbocycles. The van der Waals surface area contributed by atoms with Crippen LogP contribution in [0, 0.1) is 3.57 Å². The first-order chi connectivity index (χ1) is 5.70. The van der Waals surface area contributed by atoms with E-state index in [-0.39, 0.29) is 5.38 Å². The van der Waals surface area contributed by atoms with Crippen LogP contribution in [0.1, 0.15) is 6.92 Å². The maximum absolute atomic E-state index is 5.75. The summed E-state index contributed by atoms with van der Waals surface area (Å²) in [4.78, 5) is 0. The van der Waals surface area contributed by atoms with Gasteiger partial charge in [0.05, 0.1) is 8.95 Å². The third-order valence-corrected chi connectivity index (χ3v) is 2.32. The minimum atomic E-state index is 0.0565. The van der Waals surface area contributed by atoms with Gasteiger partial charge in [-0.15, -0.1) is 11.6 Å². The molecular weight excluding hydrogens is 286 g/mol. The minimum absolute atomic E-state index is 0.0565. The summed E-state index contributed by atoms with van der Waals surface area (Å²) in [7, 11) is 0. The van der Waals surface area contributed by atoms with Crippen molar-refractivity contribution < 1.29 is 4.74 Å². The Morgan fingerprint density at radius 3 is 2.75 bits per heavy atom. The molecule has 0 aliphatic heterocycles. The SMILES string of the molecule is CC(Cl)COc1ccccc1I. The molecule has 0 aliphatic rings. The van der Waals surface area contributed by atoms with E-state index < -0.39 is 0 Å². The Balaban J connectivity index is 2.57. The lowest BCUT2D eigenvalue weighted by Gasteiger charge is -2.08. The minimum Gasteiger partial charge on any atom is -0.491 e. The number of hydrogen-bond donors (Lipinski definition) is 0. The molecule has 0 heterocycles. The number of benzene rings is 1. The third kappa shape index (κ3) is 3.19. The van der Waals surface area contributed by atoms with E-state index in [4.69, 9.17) is 16.3 Å². The summed E-state index contributed by atoms with van der Waals surface area (Å²) < 4.78 is 6.58. The number of rotatable bonds is 3. The van der Waals surface area contributed by atoms with Crippen LogP contribution in [0.25, 0.3) is 0 Å². The number of alkyl halides is 1. The first-order valence-corrected chi connectivity index (χ1v) is 5.23. The Labute approximate surface area is 91.2 Å². The molecule has 0 aliphatic carbocycles. The van der Waals surface area contributed by atoms with E-state index in [2.05, 4.69) is 22.6 Å². The summed E-state index contributed by atoms with van der Waals surface area (Å²) in [6, 6.07) is 7.89. The summed E-state index contributed by atoms with van der Waals surface area (Å²) in [6.45, 7) is 2.47. The molecule has 12 heavy (non-hydrogen) atoms. The summed E-state index contributed by atoms with van der Waals surface area (Å²) >= 11 is 7.99. The number of para-hydroxylation sites is 1. The molecule has 0 amide bonds. The number of ether oxygens (including phenoxy) is 1. The van der Waals surface area contributed by atoms with Gasteiger partial charge in [0.15, 0.2) is 0 Å². The average molecular weight is 297 g/mol. The van der Waals surface area contributed by atoms with Crippen LogP contribution in [0.15, 0.2) is 24.3 Å². The fraction of sp³-hybridized carbons (Fsp3) is 0.333. The molecule has 0 fully saturated rings. The maximum Gasteiger partial charge on any atom is 0.132 e. The monoisotopic (exact) mass is 296 g/mol. The van der Waals surface area contributed by atoms with Gasteiger partial charge in [-0.1, -0.05) is 12.1 Å². The van der Waals surface area contributed by atoms with Crippen molar-refractivity contribution in [2.24, 2.45) is 0 Å². The standard InChI is InChI=1S/C9H10ClIO/c1-7(10)6-12-9-5-3-2-4-8(9)11/h2-5,7H,6H2,1H3. The predicted molar refractivity (Wildman–Crippen MR) is 60.0 cm³/mol. The van der Waals surface area contributed by atoms with Crippen molar-refractivity contribution >= 4 is 34.2 Å². The smallest absolute Gasteiger partial charge is 0.132 e. The van der Waals surface area contributed by atoms with Crippen molar-refractivity contribution in [2.75, 3.05) is 6.61 Å². The largest absolute Gasteiger partial charge is 0.491 e. The second-order valence-corrected chi connectivity index (χ2v) is 4.43. The molecule has 0 aromatic heterocycles. The fourth-order valence-electron chi connectivity index (χ4n) is 0.766. The van der Waals surface area contributed by atoms with E-state index in [1.807, 2.05) is 31.2 Å². The first-order valence-electron chi connectivity index (χ1n) is 3.71. The van der Waals surface area contributed by atoms with Gasteiger partial charge in [0.25, 0.3) is 0 Å². The van der Waals surface area contributed by atoms with E-state index in [1.165, 1.54) is 0 Å². The molecule has 0 spiro atoms. The predicted octanol–water partition coefficient (Wildman–Crippen LogP) is 3.30. The van der Waals surface area contributed by atoms with E-state index in [9.17, 15) is 0 Å². The highest BCUT2D eigenvalue weighted by Gasteiger charge is 2.00. The van der Waals surface area contributed by atoms with Gasteiger partial charge in [0, 0.05) is 0 Å². The van der Waals surface area contributed by atoms with Crippen LogP contribution < -0.4 is 4.74 Å². The Morgan fingerprint density at radius 2 is 2.17 bits per heavy atom. The van der Waals surface area contributed by atoms with Gasteiger partial charge in [-0.05, 0) is 41.6 Å². The number of halogens is 2. The van der Waals surface area contributed by atoms with Crippen LogP contribution in [0.4, 0.5) is 0 Å². The van der Waals surface area contributed by atoms with Crippen LogP contribution in [0.2, 0.25) is 0 Å². The highest BCUT2D eigenvalue weighted by atomic mass is 127. The number of hydrogen-bond acceptors (Lipinski definition) is 1. The van der Waals surface area contributed by atoms with Crippen molar-refractivity contribution in [3.05, 3.63) is 27.8 Å². The van der Waals surface area contributed by atoms with E-state index in [0.717, 1.165) is 9.32 Å². The molecule has 66 valence electrons. The van der Waals surface area contributed by atoms with E-state index in [0.29, 0.717) is 6.61 Å². The van der Waals surface area contributed by atoms with Crippen LogP contribution in [0.3, 0.4) is 0 Å². The lowest BCUT2D eigenvalue weighted by Crippen LogP contribution is -2.07. The molecule has 0 radical (unpaired) electrons. The Bertz CT molecular complexity index is 250. The van der Waals surface area contributed by atoms with E-state index in [1.54, 1.807) is 0 Å². The fourth-order valence-corrected chi connectivity index (χ4v) is 1.37. The summed E-state index contributed by atoms with van der Waals surface area (Å²) in [5, 5.41) is 0.0565. The van der Waals surface area contributed by atoms with Crippen LogP contribution in [0.5, 0.6) is 5.75 Å². The molecule has 0 saturated heterocycles. The summed E-state index contributed by atoms with van der Waals surface area (Å²) in [6.07, 6.45) is 0. The first kappa shape index (κ1) is 10.1. The summed E-state index contributed by atoms with van der Waals surface area (Å²) in [5.41, 5.74) is 0. The lowest BCUT2D eigenvalue weighted by molar-refractivity contribution is 0.318. The highest BCUT2D eigenvalue weighted by molar-refractivity contribution is 14.1. The van der Waals surface area contributed by atoms with Gasteiger partial charge in [-0.25, -0.2) is 0 Å². The second-order valence-electron chi connectivity index (χ2n) is 2.52.